The van der Waals surface area contributed by atoms with E-state index in [-0.39, 0.29) is 6.04 Å². The molecule has 4 unspecified atom stereocenters. The number of benzene rings is 1. The fraction of sp³-hybridized carbons (Fsp3) is 0.600. The van der Waals surface area contributed by atoms with E-state index in [9.17, 15) is 0 Å². The number of hydrogen-bond donors (Lipinski definition) is 1. The van der Waals surface area contributed by atoms with Gasteiger partial charge in [0, 0.05) is 16.6 Å². The van der Waals surface area contributed by atoms with Gasteiger partial charge in [-0.25, -0.2) is 0 Å². The van der Waals surface area contributed by atoms with Crippen LogP contribution in [0.2, 0.25) is 5.02 Å². The third-order valence-electron chi connectivity index (χ3n) is 4.85. The highest BCUT2D eigenvalue weighted by Gasteiger charge is 2.43. The van der Waals surface area contributed by atoms with Crippen LogP contribution in [0, 0.1) is 17.8 Å². The van der Waals surface area contributed by atoms with Crippen LogP contribution < -0.4 is 10.5 Å². The first-order chi connectivity index (χ1) is 9.10. The summed E-state index contributed by atoms with van der Waals surface area (Å²) in [6.45, 7) is 0. The summed E-state index contributed by atoms with van der Waals surface area (Å²) in [5, 5.41) is 0.710. The third kappa shape index (κ3) is 2.41. The number of hydrogen-bond acceptors (Lipinski definition) is 2. The van der Waals surface area contributed by atoms with Gasteiger partial charge < -0.3 is 10.5 Å². The summed E-state index contributed by atoms with van der Waals surface area (Å²) in [6, 6.07) is 3.85. The molecule has 2 nitrogen and oxygen atoms in total. The predicted molar refractivity (Wildman–Crippen MR) is 81.6 cm³/mol. The molecule has 2 fully saturated rings. The maximum absolute atomic E-state index is 6.54. The highest BCUT2D eigenvalue weighted by Crippen LogP contribution is 2.53. The van der Waals surface area contributed by atoms with E-state index in [4.69, 9.17) is 22.1 Å². The normalized spacial score (nSPS) is 30.6. The summed E-state index contributed by atoms with van der Waals surface area (Å²) in [5.41, 5.74) is 7.58. The van der Waals surface area contributed by atoms with Crippen LogP contribution in [0.4, 0.5) is 0 Å². The molecule has 2 aliphatic carbocycles. The van der Waals surface area contributed by atoms with Crippen LogP contribution in [0.25, 0.3) is 0 Å². The van der Waals surface area contributed by atoms with Gasteiger partial charge in [-0.15, -0.1) is 0 Å². The summed E-state index contributed by atoms with van der Waals surface area (Å²) in [5.74, 6) is 3.11. The Hall–Kier alpha value is -0.250. The van der Waals surface area contributed by atoms with Crippen LogP contribution in [-0.4, -0.2) is 7.11 Å². The number of halogens is 2. The zero-order valence-electron chi connectivity index (χ0n) is 11.0. The van der Waals surface area contributed by atoms with Crippen molar-refractivity contribution in [3.05, 3.63) is 27.2 Å². The molecule has 3 rings (SSSR count). The maximum atomic E-state index is 6.54. The molecule has 4 heteroatoms. The van der Waals surface area contributed by atoms with Crippen molar-refractivity contribution in [3.8, 4) is 5.75 Å². The highest BCUT2D eigenvalue weighted by atomic mass is 79.9. The standard InChI is InChI=1S/C15H19BrClNO/c1-19-15-12(6-10(17)7-13(15)16)14(18)11-5-8-2-3-9(11)4-8/h6-9,11,14H,2-5,18H2,1H3. The Morgan fingerprint density at radius 2 is 2.16 bits per heavy atom. The molecule has 2 bridgehead atoms. The average Bonchev–Trinajstić information content (AvgIpc) is 2.99. The van der Waals surface area contributed by atoms with Crippen LogP contribution in [0.5, 0.6) is 5.75 Å². The second-order valence-corrected chi connectivity index (χ2v) is 7.17. The predicted octanol–water partition coefficient (Wildman–Crippen LogP) is 4.55. The second-order valence-electron chi connectivity index (χ2n) is 5.87. The fourth-order valence-corrected chi connectivity index (χ4v) is 5.00. The van der Waals surface area contributed by atoms with Crippen molar-refractivity contribution in [2.75, 3.05) is 7.11 Å². The first-order valence-corrected chi connectivity index (χ1v) is 8.05. The Bertz CT molecular complexity index is 493. The zero-order chi connectivity index (χ0) is 13.6. The van der Waals surface area contributed by atoms with Crippen LogP contribution in [-0.2, 0) is 0 Å². The van der Waals surface area contributed by atoms with Crippen LogP contribution in [0.3, 0.4) is 0 Å². The molecule has 0 radical (unpaired) electrons. The van der Waals surface area contributed by atoms with Gasteiger partial charge in [0.15, 0.2) is 0 Å². The molecule has 0 aliphatic heterocycles. The number of methoxy groups -OCH3 is 1. The largest absolute Gasteiger partial charge is 0.495 e. The van der Waals surface area contributed by atoms with Crippen LogP contribution in [0.15, 0.2) is 16.6 Å². The minimum Gasteiger partial charge on any atom is -0.495 e. The van der Waals surface area contributed by atoms with Crippen molar-refractivity contribution in [2.45, 2.75) is 31.7 Å². The lowest BCUT2D eigenvalue weighted by Crippen LogP contribution is -2.26. The molecule has 0 spiro atoms. The molecule has 19 heavy (non-hydrogen) atoms. The van der Waals surface area contributed by atoms with Crippen molar-refractivity contribution in [2.24, 2.45) is 23.5 Å². The molecule has 0 saturated heterocycles. The van der Waals surface area contributed by atoms with Gasteiger partial charge in [0.1, 0.15) is 5.75 Å². The Morgan fingerprint density at radius 3 is 2.74 bits per heavy atom. The molecular weight excluding hydrogens is 326 g/mol. The van der Waals surface area contributed by atoms with Gasteiger partial charge in [-0.2, -0.15) is 0 Å². The third-order valence-corrected chi connectivity index (χ3v) is 5.66. The summed E-state index contributed by atoms with van der Waals surface area (Å²) >= 11 is 9.68. The average molecular weight is 345 g/mol. The van der Waals surface area contributed by atoms with E-state index >= 15 is 0 Å². The molecule has 104 valence electrons. The van der Waals surface area contributed by atoms with Gasteiger partial charge in [0.05, 0.1) is 11.6 Å². The van der Waals surface area contributed by atoms with E-state index in [1.54, 1.807) is 7.11 Å². The van der Waals surface area contributed by atoms with E-state index in [1.807, 2.05) is 12.1 Å². The minimum atomic E-state index is 0.0280. The quantitative estimate of drug-likeness (QED) is 0.873. The van der Waals surface area contributed by atoms with Crippen LogP contribution in [0.1, 0.15) is 37.3 Å². The van der Waals surface area contributed by atoms with Gasteiger partial charge in [-0.05, 0) is 65.1 Å². The minimum absolute atomic E-state index is 0.0280. The highest BCUT2D eigenvalue weighted by molar-refractivity contribution is 9.10. The Labute approximate surface area is 127 Å². The molecule has 2 N–H and O–H groups in total. The van der Waals surface area contributed by atoms with Crippen molar-refractivity contribution < 1.29 is 4.74 Å². The van der Waals surface area contributed by atoms with Gasteiger partial charge in [-0.3, -0.25) is 0 Å². The first kappa shape index (κ1) is 13.7. The molecule has 0 aromatic heterocycles. The summed E-state index contributed by atoms with van der Waals surface area (Å²) in [7, 11) is 1.69. The monoisotopic (exact) mass is 343 g/mol. The summed E-state index contributed by atoms with van der Waals surface area (Å²) in [6.07, 6.45) is 5.36. The first-order valence-electron chi connectivity index (χ1n) is 6.88. The summed E-state index contributed by atoms with van der Waals surface area (Å²) < 4.78 is 6.39. The number of ether oxygens (including phenoxy) is 1. The van der Waals surface area contributed by atoms with Crippen LogP contribution >= 0.6 is 27.5 Å². The number of nitrogens with two attached hydrogens (primary N) is 1. The van der Waals surface area contributed by atoms with E-state index in [2.05, 4.69) is 15.9 Å². The lowest BCUT2D eigenvalue weighted by Gasteiger charge is -2.29. The number of rotatable bonds is 3. The molecule has 4 atom stereocenters. The van der Waals surface area contributed by atoms with E-state index in [1.165, 1.54) is 25.7 Å². The van der Waals surface area contributed by atoms with Crippen molar-refractivity contribution >= 4 is 27.5 Å². The second kappa shape index (κ2) is 5.27. The molecule has 0 heterocycles. The molecule has 0 amide bonds. The Balaban J connectivity index is 1.93. The van der Waals surface area contributed by atoms with Gasteiger partial charge in [-0.1, -0.05) is 18.0 Å². The lowest BCUT2D eigenvalue weighted by atomic mass is 9.81. The SMILES string of the molecule is COc1c(Br)cc(Cl)cc1C(N)C1CC2CCC1C2. The van der Waals surface area contributed by atoms with E-state index in [0.717, 1.165) is 27.6 Å². The fourth-order valence-electron chi connectivity index (χ4n) is 4.01. The van der Waals surface area contributed by atoms with Gasteiger partial charge >= 0.3 is 0 Å². The molecule has 1 aromatic carbocycles. The van der Waals surface area contributed by atoms with Gasteiger partial charge in [0.25, 0.3) is 0 Å². The number of fused-ring (bicyclic) bond motifs is 2. The van der Waals surface area contributed by atoms with Crippen molar-refractivity contribution in [3.63, 3.8) is 0 Å². The Kier molecular flexibility index (Phi) is 3.80. The smallest absolute Gasteiger partial charge is 0.137 e. The maximum Gasteiger partial charge on any atom is 0.137 e. The summed E-state index contributed by atoms with van der Waals surface area (Å²) in [4.78, 5) is 0. The van der Waals surface area contributed by atoms with Gasteiger partial charge in [0.2, 0.25) is 0 Å². The zero-order valence-corrected chi connectivity index (χ0v) is 13.4. The van der Waals surface area contributed by atoms with E-state index < -0.39 is 0 Å². The Morgan fingerprint density at radius 1 is 1.37 bits per heavy atom. The molecule has 2 saturated carbocycles. The topological polar surface area (TPSA) is 35.2 Å². The molecule has 1 aromatic rings. The molecule has 2 aliphatic rings. The lowest BCUT2D eigenvalue weighted by molar-refractivity contribution is 0.279. The van der Waals surface area contributed by atoms with Crippen molar-refractivity contribution in [1.82, 2.24) is 0 Å². The van der Waals surface area contributed by atoms with Crippen molar-refractivity contribution in [1.29, 1.82) is 0 Å². The van der Waals surface area contributed by atoms with E-state index in [0.29, 0.717) is 10.9 Å². The molecular formula is C15H19BrClNO.